The minimum absolute atomic E-state index is 0.545. The fourth-order valence-corrected chi connectivity index (χ4v) is 0.592. The Morgan fingerprint density at radius 2 is 2.08 bits per heavy atom. The van der Waals surface area contributed by atoms with E-state index in [4.69, 9.17) is 22.1 Å². The van der Waals surface area contributed by atoms with E-state index in [2.05, 4.69) is 10.0 Å². The topological polar surface area (TPSA) is 155 Å². The summed E-state index contributed by atoms with van der Waals surface area (Å²) < 4.78 is 0. The van der Waals surface area contributed by atoms with Gasteiger partial charge in [0.2, 0.25) is 0 Å². The third-order valence-electron chi connectivity index (χ3n) is 1.24. The second kappa shape index (κ2) is 4.41. The fourth-order valence-electron chi connectivity index (χ4n) is 0.592. The molecule has 72 valence electrons. The second-order valence-electron chi connectivity index (χ2n) is 2.42. The molecule has 0 heterocycles. The molecule has 0 aliphatic carbocycles. The summed E-state index contributed by atoms with van der Waals surface area (Å²) in [6, 6.07) is 0. The molecule has 0 aromatic heterocycles. The lowest BCUT2D eigenvalue weighted by Crippen LogP contribution is -2.58. The van der Waals surface area contributed by atoms with Gasteiger partial charge < -0.3 is 16.6 Å². The highest BCUT2D eigenvalue weighted by Gasteiger charge is 2.30. The molecule has 0 rings (SSSR count). The summed E-state index contributed by atoms with van der Waals surface area (Å²) in [4.78, 5) is 23.5. The van der Waals surface area contributed by atoms with Crippen LogP contribution in [0.1, 0.15) is 6.42 Å². The smallest absolute Gasteiger partial charge is 0.307 e. The van der Waals surface area contributed by atoms with Crippen molar-refractivity contribution in [1.29, 1.82) is 0 Å². The lowest BCUT2D eigenvalue weighted by Gasteiger charge is -2.19. The van der Waals surface area contributed by atoms with E-state index >= 15 is 0 Å². The maximum atomic E-state index is 11.0. The van der Waals surface area contributed by atoms with Gasteiger partial charge in [-0.2, -0.15) is 0 Å². The Labute approximate surface area is 73.1 Å². The zero-order valence-electron chi connectivity index (χ0n) is 6.67. The van der Waals surface area contributed by atoms with E-state index in [1.54, 1.807) is 0 Å². The van der Waals surface area contributed by atoms with Crippen molar-refractivity contribution >= 4 is 11.8 Å². The third kappa shape index (κ3) is 4.06. The number of nitrogens with zero attached hydrogens (tertiary/aromatic N) is 3. The molecule has 0 aromatic carbocycles. The van der Waals surface area contributed by atoms with Gasteiger partial charge in [-0.1, -0.05) is 5.11 Å². The van der Waals surface area contributed by atoms with E-state index in [0.717, 1.165) is 0 Å². The Kier molecular flexibility index (Phi) is 3.86. The lowest BCUT2D eigenvalue weighted by atomic mass is 10.0. The standard InChI is InChI=1S/C5H9N5O3/c6-5(7,1-4(12)13)3(11)2-9-10-8/h1-2,6-7H2,(H,12,13). The normalized spacial score (nSPS) is 10.3. The molecule has 0 spiro atoms. The molecule has 0 unspecified atom stereocenters. The van der Waals surface area contributed by atoms with Crippen LogP contribution in [-0.4, -0.2) is 29.1 Å². The molecule has 0 saturated carbocycles. The zero-order chi connectivity index (χ0) is 10.5. The van der Waals surface area contributed by atoms with Gasteiger partial charge in [-0.05, 0) is 5.53 Å². The molecule has 0 amide bonds. The number of carbonyl (C=O) groups is 2. The molecule has 0 fully saturated rings. The molecular formula is C5H9N5O3. The number of carbonyl (C=O) groups excluding carboxylic acids is 1. The van der Waals surface area contributed by atoms with Crippen LogP contribution in [0.2, 0.25) is 0 Å². The van der Waals surface area contributed by atoms with Gasteiger partial charge in [-0.15, -0.1) is 0 Å². The number of carboxylic acids is 1. The second-order valence-corrected chi connectivity index (χ2v) is 2.42. The van der Waals surface area contributed by atoms with E-state index in [0.29, 0.717) is 0 Å². The zero-order valence-corrected chi connectivity index (χ0v) is 6.67. The number of aliphatic carboxylic acids is 1. The van der Waals surface area contributed by atoms with Crippen LogP contribution in [0.15, 0.2) is 5.11 Å². The number of nitrogens with two attached hydrogens (primary N) is 2. The van der Waals surface area contributed by atoms with E-state index in [-0.39, 0.29) is 0 Å². The highest BCUT2D eigenvalue weighted by atomic mass is 16.4. The summed E-state index contributed by atoms with van der Waals surface area (Å²) in [5.74, 6) is -2.10. The summed E-state index contributed by atoms with van der Waals surface area (Å²) in [5, 5.41) is 11.2. The average molecular weight is 187 g/mol. The minimum Gasteiger partial charge on any atom is -0.481 e. The molecule has 0 atom stereocenters. The monoisotopic (exact) mass is 187 g/mol. The number of carboxylic acid groups (broad SMARTS) is 1. The van der Waals surface area contributed by atoms with Crippen molar-refractivity contribution in [3.8, 4) is 0 Å². The Bertz CT molecular complexity index is 267. The first-order valence-corrected chi connectivity index (χ1v) is 3.24. The SMILES string of the molecule is [N-]=[N+]=NCC(=O)C(N)(N)CC(=O)O. The van der Waals surface area contributed by atoms with Gasteiger partial charge in [0.25, 0.3) is 0 Å². The van der Waals surface area contributed by atoms with E-state index in [1.807, 2.05) is 0 Å². The maximum Gasteiger partial charge on any atom is 0.307 e. The van der Waals surface area contributed by atoms with Crippen molar-refractivity contribution < 1.29 is 14.7 Å². The van der Waals surface area contributed by atoms with Gasteiger partial charge in [0.05, 0.1) is 13.0 Å². The van der Waals surface area contributed by atoms with E-state index in [1.165, 1.54) is 0 Å². The predicted octanol–water partition coefficient (Wildman–Crippen LogP) is -1.05. The molecule has 0 aliphatic rings. The van der Waals surface area contributed by atoms with Crippen LogP contribution in [0, 0.1) is 0 Å². The van der Waals surface area contributed by atoms with Gasteiger partial charge in [-0.25, -0.2) is 0 Å². The molecule has 0 aliphatic heterocycles. The summed E-state index contributed by atoms with van der Waals surface area (Å²) in [7, 11) is 0. The van der Waals surface area contributed by atoms with Gasteiger partial charge >= 0.3 is 5.97 Å². The van der Waals surface area contributed by atoms with Crippen molar-refractivity contribution in [1.82, 2.24) is 0 Å². The third-order valence-corrected chi connectivity index (χ3v) is 1.24. The van der Waals surface area contributed by atoms with Crippen LogP contribution in [0.3, 0.4) is 0 Å². The molecule has 0 bridgehead atoms. The molecule has 5 N–H and O–H groups in total. The van der Waals surface area contributed by atoms with Gasteiger partial charge in [-0.3, -0.25) is 9.59 Å². The van der Waals surface area contributed by atoms with Crippen molar-refractivity contribution in [2.24, 2.45) is 16.6 Å². The number of ketones is 1. The van der Waals surface area contributed by atoms with Crippen molar-refractivity contribution in [2.75, 3.05) is 6.54 Å². The quantitative estimate of drug-likeness (QED) is 0.217. The summed E-state index contributed by atoms with van der Waals surface area (Å²) in [6.45, 7) is -0.545. The Balaban J connectivity index is 4.34. The highest BCUT2D eigenvalue weighted by molar-refractivity contribution is 5.92. The molecular weight excluding hydrogens is 178 g/mol. The summed E-state index contributed by atoms with van der Waals surface area (Å²) in [5.41, 5.74) is 16.2. The van der Waals surface area contributed by atoms with E-state index in [9.17, 15) is 9.59 Å². The lowest BCUT2D eigenvalue weighted by molar-refractivity contribution is -0.141. The van der Waals surface area contributed by atoms with Gasteiger partial charge in [0.1, 0.15) is 5.66 Å². The first kappa shape index (κ1) is 11.4. The molecule has 0 aromatic rings. The predicted molar refractivity (Wildman–Crippen MR) is 42.4 cm³/mol. The van der Waals surface area contributed by atoms with Crippen molar-refractivity contribution in [3.63, 3.8) is 0 Å². The number of rotatable bonds is 5. The van der Waals surface area contributed by atoms with Crippen LogP contribution < -0.4 is 11.5 Å². The molecule has 0 radical (unpaired) electrons. The minimum atomic E-state index is -1.97. The molecule has 8 heteroatoms. The fraction of sp³-hybridized carbons (Fsp3) is 0.600. The average Bonchev–Trinajstić information content (AvgIpc) is 1.97. The van der Waals surface area contributed by atoms with Crippen molar-refractivity contribution in [2.45, 2.75) is 12.1 Å². The van der Waals surface area contributed by atoms with Crippen LogP contribution in [0.4, 0.5) is 0 Å². The highest BCUT2D eigenvalue weighted by Crippen LogP contribution is 2.00. The number of hydrogen-bond acceptors (Lipinski definition) is 5. The van der Waals surface area contributed by atoms with Crippen LogP contribution >= 0.6 is 0 Å². The Morgan fingerprint density at radius 1 is 1.54 bits per heavy atom. The van der Waals surface area contributed by atoms with Gasteiger partial charge in [0.15, 0.2) is 5.78 Å². The Morgan fingerprint density at radius 3 is 2.46 bits per heavy atom. The number of hydrogen-bond donors (Lipinski definition) is 3. The molecule has 13 heavy (non-hydrogen) atoms. The maximum absolute atomic E-state index is 11.0. The van der Waals surface area contributed by atoms with Crippen LogP contribution in [-0.2, 0) is 9.59 Å². The summed E-state index contributed by atoms with van der Waals surface area (Å²) >= 11 is 0. The van der Waals surface area contributed by atoms with Gasteiger partial charge in [0, 0.05) is 4.91 Å². The van der Waals surface area contributed by atoms with Crippen molar-refractivity contribution in [3.05, 3.63) is 10.4 Å². The molecule has 0 saturated heterocycles. The largest absolute Gasteiger partial charge is 0.481 e. The molecule has 8 nitrogen and oxygen atoms in total. The Hall–Kier alpha value is -1.63. The number of Topliss-reactive ketones (excluding diaryl/α,β-unsaturated/α-hetero) is 1. The van der Waals surface area contributed by atoms with Crippen LogP contribution in [0.5, 0.6) is 0 Å². The summed E-state index contributed by atoms with van der Waals surface area (Å²) in [6.07, 6.45) is -0.702. The first-order chi connectivity index (χ1) is 5.90. The van der Waals surface area contributed by atoms with E-state index < -0.39 is 30.4 Å². The first-order valence-electron chi connectivity index (χ1n) is 3.24. The van der Waals surface area contributed by atoms with Crippen LogP contribution in [0.25, 0.3) is 10.4 Å². The number of azide groups is 1.